The van der Waals surface area contributed by atoms with Crippen molar-refractivity contribution in [2.75, 3.05) is 19.8 Å². The van der Waals surface area contributed by atoms with Crippen molar-refractivity contribution in [3.05, 3.63) is 52.9 Å². The Labute approximate surface area is 153 Å². The summed E-state index contributed by atoms with van der Waals surface area (Å²) < 4.78 is 16.8. The molecule has 7 heteroatoms. The highest BCUT2D eigenvalue weighted by molar-refractivity contribution is 9.10. The third-order valence-electron chi connectivity index (χ3n) is 3.94. The third kappa shape index (κ3) is 4.22. The Hall–Kier alpha value is -2.28. The van der Waals surface area contributed by atoms with Crippen molar-refractivity contribution in [2.24, 2.45) is 0 Å². The fourth-order valence-corrected chi connectivity index (χ4v) is 3.15. The number of hydrogen-bond donors (Lipinski definition) is 0. The topological polar surface area (TPSA) is 69.0 Å². The Balaban J connectivity index is 1.49. The van der Waals surface area contributed by atoms with Crippen LogP contribution < -0.4 is 4.74 Å². The molecule has 1 amide bonds. The highest BCUT2D eigenvalue weighted by Crippen LogP contribution is 2.24. The Kier molecular flexibility index (Phi) is 5.75. The zero-order chi connectivity index (χ0) is 17.6. The van der Waals surface area contributed by atoms with Crippen molar-refractivity contribution < 1.29 is 23.5 Å². The van der Waals surface area contributed by atoms with Crippen molar-refractivity contribution in [1.29, 1.82) is 0 Å². The van der Waals surface area contributed by atoms with Gasteiger partial charge in [-0.3, -0.25) is 4.79 Å². The molecule has 1 aliphatic heterocycles. The minimum atomic E-state index is -0.568. The highest BCUT2D eigenvalue weighted by atomic mass is 79.9. The molecule has 1 atom stereocenters. The Morgan fingerprint density at radius 3 is 2.80 bits per heavy atom. The summed E-state index contributed by atoms with van der Waals surface area (Å²) in [6, 6.07) is 10.1. The summed E-state index contributed by atoms with van der Waals surface area (Å²) in [5.74, 6) is 0.230. The van der Waals surface area contributed by atoms with Crippen molar-refractivity contribution in [3.8, 4) is 5.75 Å². The molecule has 2 heterocycles. The summed E-state index contributed by atoms with van der Waals surface area (Å²) in [7, 11) is 0. The fourth-order valence-electron chi connectivity index (χ4n) is 2.75. The molecule has 132 valence electrons. The molecular formula is C18H18BrNO5. The highest BCUT2D eigenvalue weighted by Gasteiger charge is 2.36. The van der Waals surface area contributed by atoms with Crippen LogP contribution in [0.2, 0.25) is 0 Å². The van der Waals surface area contributed by atoms with E-state index in [1.165, 1.54) is 11.2 Å². The van der Waals surface area contributed by atoms with Crippen LogP contribution in [0.1, 0.15) is 23.4 Å². The minimum Gasteiger partial charge on any atom is -0.489 e. The van der Waals surface area contributed by atoms with Gasteiger partial charge in [-0.25, -0.2) is 4.79 Å². The molecule has 3 rings (SSSR count). The summed E-state index contributed by atoms with van der Waals surface area (Å²) in [6.07, 6.45) is 2.80. The number of benzene rings is 1. The van der Waals surface area contributed by atoms with Gasteiger partial charge in [0.25, 0.3) is 5.91 Å². The van der Waals surface area contributed by atoms with Crippen LogP contribution >= 0.6 is 15.9 Å². The summed E-state index contributed by atoms with van der Waals surface area (Å²) in [4.78, 5) is 26.2. The number of amides is 1. The van der Waals surface area contributed by atoms with Crippen molar-refractivity contribution in [1.82, 2.24) is 4.90 Å². The van der Waals surface area contributed by atoms with Crippen LogP contribution in [0.25, 0.3) is 0 Å². The van der Waals surface area contributed by atoms with Crippen LogP contribution in [0.3, 0.4) is 0 Å². The van der Waals surface area contributed by atoms with Crippen LogP contribution in [0, 0.1) is 0 Å². The smallest absolute Gasteiger partial charge is 0.328 e. The van der Waals surface area contributed by atoms with Crippen LogP contribution in [-0.2, 0) is 9.53 Å². The van der Waals surface area contributed by atoms with E-state index in [0.717, 1.165) is 10.9 Å². The number of para-hydroxylation sites is 1. The first-order valence-corrected chi connectivity index (χ1v) is 8.84. The number of likely N-dealkylation sites (tertiary alicyclic amines) is 1. The van der Waals surface area contributed by atoms with Crippen molar-refractivity contribution >= 4 is 27.8 Å². The molecular weight excluding hydrogens is 390 g/mol. The monoisotopic (exact) mass is 407 g/mol. The fraction of sp³-hybridized carbons (Fsp3) is 0.333. The number of rotatable bonds is 6. The number of halogens is 1. The first kappa shape index (κ1) is 17.5. The maximum atomic E-state index is 12.4. The summed E-state index contributed by atoms with van der Waals surface area (Å²) in [5.41, 5.74) is 0. The van der Waals surface area contributed by atoms with Crippen LogP contribution in [-0.4, -0.2) is 42.6 Å². The number of carbonyl (C=O) groups is 2. The Morgan fingerprint density at radius 1 is 1.20 bits per heavy atom. The number of carbonyl (C=O) groups excluding carboxylic acids is 2. The van der Waals surface area contributed by atoms with Gasteiger partial charge in [0.05, 0.1) is 10.7 Å². The molecule has 1 aromatic carbocycles. The quantitative estimate of drug-likeness (QED) is 0.542. The molecule has 1 aromatic heterocycles. The molecule has 2 aromatic rings. The van der Waals surface area contributed by atoms with Gasteiger partial charge in [0, 0.05) is 6.54 Å². The zero-order valence-electron chi connectivity index (χ0n) is 13.5. The van der Waals surface area contributed by atoms with E-state index in [2.05, 4.69) is 15.9 Å². The number of furan rings is 1. The van der Waals surface area contributed by atoms with Gasteiger partial charge in [0.15, 0.2) is 5.76 Å². The van der Waals surface area contributed by atoms with Crippen molar-refractivity contribution in [2.45, 2.75) is 18.9 Å². The normalized spacial score (nSPS) is 16.7. The Morgan fingerprint density at radius 2 is 2.04 bits per heavy atom. The molecule has 0 radical (unpaired) electrons. The lowest BCUT2D eigenvalue weighted by Gasteiger charge is -2.22. The van der Waals surface area contributed by atoms with E-state index in [1.54, 1.807) is 12.1 Å². The SMILES string of the molecule is O=C(OCCOc1ccccc1Br)C1CCCN1C(=O)c1ccco1. The lowest BCUT2D eigenvalue weighted by molar-refractivity contribution is -0.148. The van der Waals surface area contributed by atoms with E-state index in [4.69, 9.17) is 13.9 Å². The van der Waals surface area contributed by atoms with E-state index in [-0.39, 0.29) is 24.9 Å². The van der Waals surface area contributed by atoms with Crippen LogP contribution in [0.5, 0.6) is 5.75 Å². The van der Waals surface area contributed by atoms with Gasteiger partial charge in [-0.2, -0.15) is 0 Å². The predicted octanol–water partition coefficient (Wildman–Crippen LogP) is 3.27. The lowest BCUT2D eigenvalue weighted by atomic mass is 10.2. The molecule has 0 N–H and O–H groups in total. The van der Waals surface area contributed by atoms with Gasteiger partial charge in [0.2, 0.25) is 0 Å². The molecule has 25 heavy (non-hydrogen) atoms. The first-order valence-electron chi connectivity index (χ1n) is 8.05. The second kappa shape index (κ2) is 8.20. The van der Waals surface area contributed by atoms with E-state index in [0.29, 0.717) is 18.7 Å². The molecule has 1 unspecified atom stereocenters. The van der Waals surface area contributed by atoms with Gasteiger partial charge >= 0.3 is 5.97 Å². The average molecular weight is 408 g/mol. The molecule has 1 saturated heterocycles. The number of esters is 1. The third-order valence-corrected chi connectivity index (χ3v) is 4.59. The zero-order valence-corrected chi connectivity index (χ0v) is 15.1. The average Bonchev–Trinajstić information content (AvgIpc) is 3.30. The molecule has 0 saturated carbocycles. The maximum Gasteiger partial charge on any atom is 0.328 e. The molecule has 6 nitrogen and oxygen atoms in total. The number of ether oxygens (including phenoxy) is 2. The largest absolute Gasteiger partial charge is 0.489 e. The Bertz CT molecular complexity index is 731. The van der Waals surface area contributed by atoms with Crippen molar-refractivity contribution in [3.63, 3.8) is 0 Å². The van der Waals surface area contributed by atoms with Gasteiger partial charge in [-0.1, -0.05) is 12.1 Å². The molecule has 0 bridgehead atoms. The van der Waals surface area contributed by atoms with Gasteiger partial charge in [-0.15, -0.1) is 0 Å². The van der Waals surface area contributed by atoms with E-state index in [1.807, 2.05) is 24.3 Å². The van der Waals surface area contributed by atoms with Gasteiger partial charge in [-0.05, 0) is 53.0 Å². The predicted molar refractivity (Wildman–Crippen MR) is 93.4 cm³/mol. The number of nitrogens with zero attached hydrogens (tertiary/aromatic N) is 1. The van der Waals surface area contributed by atoms with E-state index in [9.17, 15) is 9.59 Å². The minimum absolute atomic E-state index is 0.124. The molecule has 0 aliphatic carbocycles. The second-order valence-electron chi connectivity index (χ2n) is 5.58. The van der Waals surface area contributed by atoms with Gasteiger partial charge in [0.1, 0.15) is 25.0 Å². The van der Waals surface area contributed by atoms with Crippen LogP contribution in [0.4, 0.5) is 0 Å². The summed E-state index contributed by atoms with van der Waals surface area (Å²) >= 11 is 3.39. The second-order valence-corrected chi connectivity index (χ2v) is 6.43. The molecule has 1 aliphatic rings. The van der Waals surface area contributed by atoms with E-state index < -0.39 is 12.0 Å². The first-order chi connectivity index (χ1) is 12.2. The van der Waals surface area contributed by atoms with E-state index >= 15 is 0 Å². The molecule has 0 spiro atoms. The van der Waals surface area contributed by atoms with Gasteiger partial charge < -0.3 is 18.8 Å². The standard InChI is InChI=1S/C18H18BrNO5/c19-13-5-1-2-7-15(13)24-11-12-25-18(22)14-6-3-9-20(14)17(21)16-8-4-10-23-16/h1-2,4-5,7-8,10,14H,3,6,9,11-12H2. The summed E-state index contributed by atoms with van der Waals surface area (Å²) in [5, 5.41) is 0. The maximum absolute atomic E-state index is 12.4. The lowest BCUT2D eigenvalue weighted by Crippen LogP contribution is -2.41. The number of hydrogen-bond acceptors (Lipinski definition) is 5. The molecule has 1 fully saturated rings. The summed E-state index contributed by atoms with van der Waals surface area (Å²) in [6.45, 7) is 0.888. The van der Waals surface area contributed by atoms with Crippen LogP contribution in [0.15, 0.2) is 51.6 Å².